The van der Waals surface area contributed by atoms with E-state index in [2.05, 4.69) is 88.2 Å². The number of pyridine rings is 1. The van der Waals surface area contributed by atoms with E-state index >= 15 is 0 Å². The van der Waals surface area contributed by atoms with Crippen molar-refractivity contribution in [2.24, 2.45) is 10.2 Å². The first kappa shape index (κ1) is 53.9. The third-order valence-corrected chi connectivity index (χ3v) is 14.5. The van der Waals surface area contributed by atoms with E-state index in [1.54, 1.807) is 16.0 Å². The van der Waals surface area contributed by atoms with Crippen molar-refractivity contribution in [2.75, 3.05) is 42.8 Å². The molecule has 4 heterocycles. The Balaban J connectivity index is 0.000000563. The van der Waals surface area contributed by atoms with Crippen LogP contribution in [0.4, 0.5) is 39.6 Å². The second-order valence-electron chi connectivity index (χ2n) is 18.0. The molecule has 0 aliphatic heterocycles. The number of nitrogens with one attached hydrogen (secondary N) is 1. The summed E-state index contributed by atoms with van der Waals surface area (Å²) >= 11 is 3.12. The third kappa shape index (κ3) is 12.2. The van der Waals surface area contributed by atoms with E-state index in [-0.39, 0.29) is 26.3 Å². The molecule has 18 heteroatoms. The number of fused-ring (bicyclic) bond motifs is 2. The maximum absolute atomic E-state index is 10.8. The SMILES string of the molecule is CC.CS(=O)(=O)N(CCO)CCO.Cc1cc(C)c(Nc2nc(N(c3nc4ccccc4s3)c3c(C)cc(C)cc3C)cc(C)c2N=Nc2c(C#N)c(C(C)(C)C)nn2-c2nc3ccccc3s2)c(C)c1. The molecule has 71 heavy (non-hydrogen) atoms. The average molecular weight is 1010 g/mol. The van der Waals surface area contributed by atoms with Crippen LogP contribution in [0, 0.1) is 59.8 Å². The zero-order valence-electron chi connectivity index (χ0n) is 42.7. The van der Waals surface area contributed by atoms with Gasteiger partial charge in [-0.25, -0.2) is 23.4 Å². The van der Waals surface area contributed by atoms with Crippen molar-refractivity contribution in [3.8, 4) is 11.2 Å². The number of sulfonamides is 1. The number of anilines is 5. The molecule has 8 rings (SSSR count). The second-order valence-corrected chi connectivity index (χ2v) is 22.0. The number of hydrogen-bond acceptors (Lipinski definition) is 15. The number of hydrogen-bond donors (Lipinski definition) is 3. The van der Waals surface area contributed by atoms with Crippen molar-refractivity contribution < 1.29 is 18.6 Å². The lowest BCUT2D eigenvalue weighted by atomic mass is 9.90. The average Bonchev–Trinajstić information content (AvgIpc) is 4.04. The summed E-state index contributed by atoms with van der Waals surface area (Å²) < 4.78 is 26.4. The van der Waals surface area contributed by atoms with Crippen LogP contribution >= 0.6 is 22.7 Å². The van der Waals surface area contributed by atoms with Gasteiger partial charge in [0.2, 0.25) is 15.2 Å². The Kier molecular flexibility index (Phi) is 17.3. The topological polar surface area (TPSA) is 198 Å². The Labute approximate surface area is 425 Å². The van der Waals surface area contributed by atoms with Crippen LogP contribution in [0.2, 0.25) is 0 Å². The van der Waals surface area contributed by atoms with Crippen LogP contribution in [0.1, 0.15) is 84.8 Å². The Hall–Kier alpha value is -6.46. The van der Waals surface area contributed by atoms with Gasteiger partial charge in [-0.15, -0.1) is 10.2 Å². The summed E-state index contributed by atoms with van der Waals surface area (Å²) in [5.41, 5.74) is 12.4. The lowest BCUT2D eigenvalue weighted by Crippen LogP contribution is -2.34. The molecule has 0 amide bonds. The van der Waals surface area contributed by atoms with Gasteiger partial charge in [0.15, 0.2) is 16.8 Å². The van der Waals surface area contributed by atoms with Crippen LogP contribution in [-0.2, 0) is 15.4 Å². The van der Waals surface area contributed by atoms with E-state index in [4.69, 9.17) is 40.5 Å². The molecule has 0 aliphatic carbocycles. The minimum Gasteiger partial charge on any atom is -0.395 e. The minimum absolute atomic E-state index is 0.0411. The van der Waals surface area contributed by atoms with Gasteiger partial charge in [-0.1, -0.05) is 117 Å². The molecule has 0 atom stereocenters. The molecule has 0 fully saturated rings. The molecule has 0 saturated carbocycles. The molecule has 15 nitrogen and oxygen atoms in total. The molecule has 0 unspecified atom stereocenters. The number of aliphatic hydroxyl groups excluding tert-OH is 2. The van der Waals surface area contributed by atoms with E-state index < -0.39 is 15.4 Å². The van der Waals surface area contributed by atoms with E-state index in [1.165, 1.54) is 22.5 Å². The second kappa shape index (κ2) is 22.7. The summed E-state index contributed by atoms with van der Waals surface area (Å²) in [6, 6.07) is 29.3. The fourth-order valence-electron chi connectivity index (χ4n) is 8.24. The molecule has 3 N–H and O–H groups in total. The van der Waals surface area contributed by atoms with Crippen LogP contribution in [0.3, 0.4) is 0 Å². The van der Waals surface area contributed by atoms with E-state index in [9.17, 15) is 13.7 Å². The highest BCUT2D eigenvalue weighted by Crippen LogP contribution is 2.45. The fourth-order valence-corrected chi connectivity index (χ4v) is 11.0. The summed E-state index contributed by atoms with van der Waals surface area (Å²) in [4.78, 5) is 17.6. The minimum atomic E-state index is -3.28. The van der Waals surface area contributed by atoms with Crippen LogP contribution in [0.15, 0.2) is 89.1 Å². The van der Waals surface area contributed by atoms with Crippen LogP contribution < -0.4 is 10.2 Å². The largest absolute Gasteiger partial charge is 0.395 e. The van der Waals surface area contributed by atoms with Gasteiger partial charge in [-0.3, -0.25) is 4.90 Å². The lowest BCUT2D eigenvalue weighted by Gasteiger charge is -2.27. The number of rotatable bonds is 13. The molecule has 4 aromatic carbocycles. The maximum atomic E-state index is 10.8. The highest BCUT2D eigenvalue weighted by molar-refractivity contribution is 7.88. The number of thiazole rings is 2. The molecular formula is C53H63N11O4S3. The molecular weight excluding hydrogens is 951 g/mol. The van der Waals surface area contributed by atoms with Crippen molar-refractivity contribution >= 4 is 92.8 Å². The number of aromatic nitrogens is 5. The number of aliphatic hydroxyl groups is 2. The Morgan fingerprint density at radius 1 is 0.746 bits per heavy atom. The van der Waals surface area contributed by atoms with E-state index in [0.717, 1.165) is 75.3 Å². The highest BCUT2D eigenvalue weighted by Gasteiger charge is 2.30. The number of para-hydroxylation sites is 2. The summed E-state index contributed by atoms with van der Waals surface area (Å²) in [6.45, 7) is 24.4. The van der Waals surface area contributed by atoms with Crippen molar-refractivity contribution in [2.45, 2.75) is 88.5 Å². The van der Waals surface area contributed by atoms with Gasteiger partial charge in [0.05, 0.1) is 51.3 Å². The summed E-state index contributed by atoms with van der Waals surface area (Å²) in [6.07, 6.45) is 1.04. The Morgan fingerprint density at radius 3 is 1.79 bits per heavy atom. The molecule has 0 radical (unpaired) electrons. The summed E-state index contributed by atoms with van der Waals surface area (Å²) in [5.74, 6) is 1.51. The summed E-state index contributed by atoms with van der Waals surface area (Å²) in [7, 11) is -3.28. The molecule has 0 spiro atoms. The van der Waals surface area contributed by atoms with Gasteiger partial charge in [0.1, 0.15) is 23.1 Å². The van der Waals surface area contributed by atoms with Crippen molar-refractivity contribution in [1.29, 1.82) is 5.26 Å². The number of nitrogens with zero attached hydrogens (tertiary/aromatic N) is 10. The number of aryl methyl sites for hydroxylation is 7. The van der Waals surface area contributed by atoms with Gasteiger partial charge < -0.3 is 15.5 Å². The van der Waals surface area contributed by atoms with Crippen LogP contribution in [0.5, 0.6) is 0 Å². The van der Waals surface area contributed by atoms with Gasteiger partial charge in [0, 0.05) is 24.2 Å². The molecule has 0 bridgehead atoms. The molecule has 4 aromatic heterocycles. The first-order valence-corrected chi connectivity index (χ1v) is 26.8. The number of azo groups is 1. The zero-order valence-corrected chi connectivity index (χ0v) is 45.2. The fraction of sp³-hybridized carbons (Fsp3) is 0.340. The monoisotopic (exact) mass is 1010 g/mol. The lowest BCUT2D eigenvalue weighted by molar-refractivity contribution is 0.218. The normalized spacial score (nSPS) is 11.7. The molecule has 0 aliphatic rings. The predicted octanol–water partition coefficient (Wildman–Crippen LogP) is 12.7. The van der Waals surface area contributed by atoms with Crippen LogP contribution in [-0.4, -0.2) is 80.2 Å². The third-order valence-electron chi connectivity index (χ3n) is 11.2. The molecule has 0 saturated heterocycles. The zero-order chi connectivity index (χ0) is 51.9. The standard InChI is InChI=1S/C46H44N10S2.C5H13NO4S.C2H6/c1-25-19-27(3)38(28(4)20-25)51-42-39(52-53-43-32(24-47)41(46(8,9)10)54-56(43)45-49-34-16-12-14-18-36(34)58-45)29(5)23-37(50-42)55(40-30(6)21-26(2)22-31(40)7)44-48-33-15-11-13-17-35(33)57-44;1-11(9,10)6(2-4-7)3-5-8;1-2/h11-23H,1-10H3,(H,50,51);7-8H,2-5H2,1H3;1-2H3. The van der Waals surface area contributed by atoms with Gasteiger partial charge in [-0.2, -0.15) is 19.3 Å². The van der Waals surface area contributed by atoms with E-state index in [1.807, 2.05) is 90.1 Å². The van der Waals surface area contributed by atoms with Crippen molar-refractivity contribution in [3.63, 3.8) is 0 Å². The highest BCUT2D eigenvalue weighted by atomic mass is 32.2. The Bertz CT molecular complexity index is 3260. The van der Waals surface area contributed by atoms with Crippen molar-refractivity contribution in [3.05, 3.63) is 129 Å². The van der Waals surface area contributed by atoms with Crippen LogP contribution in [0.25, 0.3) is 25.6 Å². The number of nitriles is 1. The van der Waals surface area contributed by atoms with Gasteiger partial charge in [-0.05, 0) is 107 Å². The molecule has 372 valence electrons. The first-order valence-electron chi connectivity index (χ1n) is 23.3. The van der Waals surface area contributed by atoms with E-state index in [0.29, 0.717) is 39.5 Å². The smallest absolute Gasteiger partial charge is 0.213 e. The summed E-state index contributed by atoms with van der Waals surface area (Å²) in [5, 5.41) is 47.4. The first-order chi connectivity index (χ1) is 33.7. The number of benzene rings is 4. The van der Waals surface area contributed by atoms with Crippen molar-refractivity contribution in [1.82, 2.24) is 29.0 Å². The molecule has 8 aromatic rings. The Morgan fingerprint density at radius 2 is 1.28 bits per heavy atom. The quantitative estimate of drug-likeness (QED) is 0.0929. The maximum Gasteiger partial charge on any atom is 0.213 e. The predicted molar refractivity (Wildman–Crippen MR) is 291 cm³/mol. The van der Waals surface area contributed by atoms with Gasteiger partial charge in [0.25, 0.3) is 0 Å². The van der Waals surface area contributed by atoms with Gasteiger partial charge >= 0.3 is 0 Å².